The molecule has 1 heterocycles. The first-order chi connectivity index (χ1) is 15.6. The zero-order valence-electron chi connectivity index (χ0n) is 17.8. The Morgan fingerprint density at radius 3 is 2.38 bits per heavy atom. The number of carbonyl (C=O) groups is 1. The fourth-order valence-electron chi connectivity index (χ4n) is 3.25. The highest BCUT2D eigenvalue weighted by molar-refractivity contribution is 5.97. The van der Waals surface area contributed by atoms with Gasteiger partial charge in [0.2, 0.25) is 11.2 Å². The molecule has 0 atom stereocenters. The summed E-state index contributed by atoms with van der Waals surface area (Å²) >= 11 is 0. The number of hydrogen-bond donors (Lipinski definition) is 0. The van der Waals surface area contributed by atoms with Gasteiger partial charge in [-0.05, 0) is 38.1 Å². The Morgan fingerprint density at radius 1 is 0.906 bits per heavy atom. The van der Waals surface area contributed by atoms with Gasteiger partial charge in [-0.3, -0.25) is 9.59 Å². The number of hydrogen-bond acceptors (Lipinski definition) is 6. The number of aryl methyl sites for hydroxylation is 1. The predicted molar refractivity (Wildman–Crippen MR) is 121 cm³/mol. The Bertz CT molecular complexity index is 1310. The van der Waals surface area contributed by atoms with E-state index in [1.54, 1.807) is 67.6 Å². The molecule has 162 valence electrons. The maximum atomic E-state index is 13.1. The van der Waals surface area contributed by atoms with Gasteiger partial charge < -0.3 is 18.6 Å². The van der Waals surface area contributed by atoms with Crippen LogP contribution < -0.4 is 19.6 Å². The van der Waals surface area contributed by atoms with Gasteiger partial charge in [0.15, 0.2) is 23.9 Å². The molecule has 3 aromatic carbocycles. The highest BCUT2D eigenvalue weighted by Crippen LogP contribution is 2.33. The lowest BCUT2D eigenvalue weighted by molar-refractivity contribution is 0.0921. The molecule has 6 nitrogen and oxygen atoms in total. The Kier molecular flexibility index (Phi) is 6.22. The number of Topliss-reactive ketones (excluding diaryl/α,β-unsaturated/α-hetero) is 1. The van der Waals surface area contributed by atoms with E-state index in [0.29, 0.717) is 46.1 Å². The molecule has 4 aromatic rings. The SMILES string of the molecule is CCOc1ccccc1Oc1c(C)oc2cc(OCC(=O)c3ccccc3)ccc2c1=O. The first-order valence-corrected chi connectivity index (χ1v) is 10.2. The predicted octanol–water partition coefficient (Wildman–Crippen LogP) is 5.55. The third-order valence-electron chi connectivity index (χ3n) is 4.81. The molecule has 0 aliphatic rings. The van der Waals surface area contributed by atoms with Gasteiger partial charge in [-0.15, -0.1) is 0 Å². The van der Waals surface area contributed by atoms with Crippen LogP contribution in [0.2, 0.25) is 0 Å². The Hall–Kier alpha value is -4.06. The van der Waals surface area contributed by atoms with Crippen LogP contribution in [0.25, 0.3) is 11.0 Å². The molecular weight excluding hydrogens is 408 g/mol. The zero-order chi connectivity index (χ0) is 22.5. The van der Waals surface area contributed by atoms with Crippen LogP contribution in [-0.4, -0.2) is 19.0 Å². The highest BCUT2D eigenvalue weighted by Gasteiger charge is 2.17. The quantitative estimate of drug-likeness (QED) is 0.341. The lowest BCUT2D eigenvalue weighted by atomic mass is 10.1. The standard InChI is InChI=1S/C26H22O6/c1-3-29-22-11-7-8-12-23(22)32-26-17(2)31-24-15-19(13-14-20(24)25(26)28)30-16-21(27)18-9-5-4-6-10-18/h4-15H,3,16H2,1-2H3. The highest BCUT2D eigenvalue weighted by atomic mass is 16.5. The van der Waals surface area contributed by atoms with Crippen molar-refractivity contribution in [1.82, 2.24) is 0 Å². The molecule has 0 spiro atoms. The fraction of sp³-hybridized carbons (Fsp3) is 0.154. The van der Waals surface area contributed by atoms with Crippen LogP contribution in [-0.2, 0) is 0 Å². The summed E-state index contributed by atoms with van der Waals surface area (Å²) in [6.07, 6.45) is 0. The molecule has 4 rings (SSSR count). The topological polar surface area (TPSA) is 75.0 Å². The van der Waals surface area contributed by atoms with Gasteiger partial charge in [-0.2, -0.15) is 0 Å². The number of para-hydroxylation sites is 2. The van der Waals surface area contributed by atoms with Crippen LogP contribution in [0.1, 0.15) is 23.0 Å². The molecule has 1 aromatic heterocycles. The number of ether oxygens (including phenoxy) is 3. The number of rotatable bonds is 8. The molecule has 0 fully saturated rings. The van der Waals surface area contributed by atoms with E-state index in [9.17, 15) is 9.59 Å². The van der Waals surface area contributed by atoms with Crippen molar-refractivity contribution in [2.75, 3.05) is 13.2 Å². The van der Waals surface area contributed by atoms with Crippen molar-refractivity contribution in [3.63, 3.8) is 0 Å². The number of benzene rings is 3. The Morgan fingerprint density at radius 2 is 1.62 bits per heavy atom. The summed E-state index contributed by atoms with van der Waals surface area (Å²) in [4.78, 5) is 25.3. The number of ketones is 1. The minimum absolute atomic E-state index is 0.0950. The van der Waals surface area contributed by atoms with E-state index >= 15 is 0 Å². The summed E-state index contributed by atoms with van der Waals surface area (Å²) < 4.78 is 22.9. The maximum Gasteiger partial charge on any atom is 0.235 e. The van der Waals surface area contributed by atoms with Crippen LogP contribution in [0, 0.1) is 6.92 Å². The zero-order valence-corrected chi connectivity index (χ0v) is 17.8. The van der Waals surface area contributed by atoms with Crippen molar-refractivity contribution in [2.45, 2.75) is 13.8 Å². The molecule has 0 saturated heterocycles. The van der Waals surface area contributed by atoms with Gasteiger partial charge in [0.25, 0.3) is 0 Å². The van der Waals surface area contributed by atoms with E-state index in [4.69, 9.17) is 18.6 Å². The monoisotopic (exact) mass is 430 g/mol. The first kappa shape index (κ1) is 21.2. The van der Waals surface area contributed by atoms with E-state index in [0.717, 1.165) is 0 Å². The summed E-state index contributed by atoms with van der Waals surface area (Å²) in [6, 6.07) is 20.9. The van der Waals surface area contributed by atoms with Crippen molar-refractivity contribution >= 4 is 16.8 Å². The second-order valence-corrected chi connectivity index (χ2v) is 7.03. The van der Waals surface area contributed by atoms with Gasteiger partial charge in [0.05, 0.1) is 12.0 Å². The summed E-state index contributed by atoms with van der Waals surface area (Å²) in [5.74, 6) is 1.69. The lowest BCUT2D eigenvalue weighted by Gasteiger charge is -2.13. The second kappa shape index (κ2) is 9.39. The second-order valence-electron chi connectivity index (χ2n) is 7.03. The van der Waals surface area contributed by atoms with Crippen LogP contribution in [0.5, 0.6) is 23.0 Å². The molecule has 6 heteroatoms. The van der Waals surface area contributed by atoms with Crippen molar-refractivity contribution in [1.29, 1.82) is 0 Å². The largest absolute Gasteiger partial charge is 0.490 e. The van der Waals surface area contributed by atoms with Gasteiger partial charge in [-0.1, -0.05) is 42.5 Å². The van der Waals surface area contributed by atoms with Crippen LogP contribution >= 0.6 is 0 Å². The third-order valence-corrected chi connectivity index (χ3v) is 4.81. The molecule has 0 radical (unpaired) electrons. The fourth-order valence-corrected chi connectivity index (χ4v) is 3.25. The average molecular weight is 430 g/mol. The Balaban J connectivity index is 1.58. The molecule has 0 saturated carbocycles. The summed E-state index contributed by atoms with van der Waals surface area (Å²) in [7, 11) is 0. The number of carbonyl (C=O) groups excluding carboxylic acids is 1. The Labute approximate surface area is 185 Å². The molecule has 0 bridgehead atoms. The van der Waals surface area contributed by atoms with Crippen molar-refractivity contribution in [2.24, 2.45) is 0 Å². The molecule has 0 unspecified atom stereocenters. The van der Waals surface area contributed by atoms with Crippen molar-refractivity contribution in [3.05, 3.63) is 94.3 Å². The molecular formula is C26H22O6. The van der Waals surface area contributed by atoms with Gasteiger partial charge in [0, 0.05) is 11.6 Å². The minimum Gasteiger partial charge on any atom is -0.490 e. The van der Waals surface area contributed by atoms with Crippen LogP contribution in [0.3, 0.4) is 0 Å². The maximum absolute atomic E-state index is 13.1. The van der Waals surface area contributed by atoms with Gasteiger partial charge >= 0.3 is 0 Å². The molecule has 0 aliphatic heterocycles. The average Bonchev–Trinajstić information content (AvgIpc) is 2.81. The minimum atomic E-state index is -0.304. The molecule has 0 aliphatic carbocycles. The van der Waals surface area contributed by atoms with E-state index < -0.39 is 0 Å². The summed E-state index contributed by atoms with van der Waals surface area (Å²) in [6.45, 7) is 3.89. The van der Waals surface area contributed by atoms with Gasteiger partial charge in [-0.25, -0.2) is 0 Å². The van der Waals surface area contributed by atoms with Crippen molar-refractivity contribution < 1.29 is 23.4 Å². The molecule has 32 heavy (non-hydrogen) atoms. The summed E-state index contributed by atoms with van der Waals surface area (Å²) in [5, 5.41) is 0.348. The van der Waals surface area contributed by atoms with E-state index in [1.165, 1.54) is 0 Å². The van der Waals surface area contributed by atoms with E-state index in [2.05, 4.69) is 0 Å². The van der Waals surface area contributed by atoms with Crippen LogP contribution in [0.15, 0.2) is 82.0 Å². The van der Waals surface area contributed by atoms with E-state index in [1.807, 2.05) is 19.1 Å². The smallest absolute Gasteiger partial charge is 0.235 e. The summed E-state index contributed by atoms with van der Waals surface area (Å²) in [5.41, 5.74) is 0.620. The van der Waals surface area contributed by atoms with Crippen molar-refractivity contribution in [3.8, 4) is 23.0 Å². The normalized spacial score (nSPS) is 10.7. The lowest BCUT2D eigenvalue weighted by Crippen LogP contribution is -2.12. The van der Waals surface area contributed by atoms with E-state index in [-0.39, 0.29) is 23.6 Å². The third kappa shape index (κ3) is 4.49. The number of fused-ring (bicyclic) bond motifs is 1. The molecule has 0 amide bonds. The molecule has 0 N–H and O–H groups in total. The first-order valence-electron chi connectivity index (χ1n) is 10.2. The van der Waals surface area contributed by atoms with Crippen LogP contribution in [0.4, 0.5) is 0 Å². The van der Waals surface area contributed by atoms with Gasteiger partial charge in [0.1, 0.15) is 17.1 Å².